The SMILES string of the molecule is Cc1cc(S(=O)(=O)N(C)[C@H]2CNC[C@@H]2O)ccc1C#N. The maximum Gasteiger partial charge on any atom is 0.243 e. The zero-order valence-electron chi connectivity index (χ0n) is 11.4. The second kappa shape index (κ2) is 5.50. The minimum Gasteiger partial charge on any atom is -0.390 e. The van der Waals surface area contributed by atoms with E-state index in [9.17, 15) is 13.5 Å². The Balaban J connectivity index is 2.35. The van der Waals surface area contributed by atoms with Crippen LogP contribution >= 0.6 is 0 Å². The lowest BCUT2D eigenvalue weighted by molar-refractivity contribution is 0.136. The van der Waals surface area contributed by atoms with Crippen molar-refractivity contribution >= 4 is 10.0 Å². The number of aryl methyl sites for hydroxylation is 1. The molecule has 2 atom stereocenters. The molecule has 2 N–H and O–H groups in total. The van der Waals surface area contributed by atoms with Crippen molar-refractivity contribution in [3.63, 3.8) is 0 Å². The molecule has 0 amide bonds. The standard InChI is InChI=1S/C13H17N3O3S/c1-9-5-11(4-3-10(9)6-14)20(18,19)16(2)12-7-15-8-13(12)17/h3-5,12-13,15,17H,7-8H2,1-2H3/t12-,13-/m0/s1. The largest absolute Gasteiger partial charge is 0.390 e. The molecule has 0 bridgehead atoms. The first-order chi connectivity index (χ1) is 9.37. The molecule has 0 aromatic heterocycles. The lowest BCUT2D eigenvalue weighted by Gasteiger charge is -2.25. The number of benzene rings is 1. The Hall–Kier alpha value is -1.46. The molecule has 1 saturated heterocycles. The van der Waals surface area contributed by atoms with Crippen molar-refractivity contribution in [2.45, 2.75) is 24.0 Å². The van der Waals surface area contributed by atoms with Crippen LogP contribution in [0, 0.1) is 18.3 Å². The topological polar surface area (TPSA) is 93.4 Å². The number of nitrogens with zero attached hydrogens (tertiary/aromatic N) is 2. The van der Waals surface area contributed by atoms with Crippen molar-refractivity contribution in [3.8, 4) is 6.07 Å². The van der Waals surface area contributed by atoms with Crippen molar-refractivity contribution in [1.82, 2.24) is 9.62 Å². The third kappa shape index (κ3) is 2.55. The Labute approximate surface area is 118 Å². The molecule has 0 spiro atoms. The summed E-state index contributed by atoms with van der Waals surface area (Å²) in [5.74, 6) is 0. The number of sulfonamides is 1. The van der Waals surface area contributed by atoms with Gasteiger partial charge in [-0.05, 0) is 30.7 Å². The molecule has 20 heavy (non-hydrogen) atoms. The Morgan fingerprint density at radius 2 is 2.15 bits per heavy atom. The monoisotopic (exact) mass is 295 g/mol. The number of aliphatic hydroxyl groups excluding tert-OH is 1. The first-order valence-electron chi connectivity index (χ1n) is 6.25. The van der Waals surface area contributed by atoms with Gasteiger partial charge in [-0.1, -0.05) is 0 Å². The van der Waals surface area contributed by atoms with Gasteiger partial charge in [-0.2, -0.15) is 9.57 Å². The molecule has 0 unspecified atom stereocenters. The van der Waals surface area contributed by atoms with Gasteiger partial charge in [0.15, 0.2) is 0 Å². The summed E-state index contributed by atoms with van der Waals surface area (Å²) in [4.78, 5) is 0.135. The number of likely N-dealkylation sites (N-methyl/N-ethyl adjacent to an activating group) is 1. The molecule has 7 heteroatoms. The second-order valence-electron chi connectivity index (χ2n) is 4.90. The third-order valence-electron chi connectivity index (χ3n) is 3.61. The molecule has 0 radical (unpaired) electrons. The third-order valence-corrected chi connectivity index (χ3v) is 5.49. The van der Waals surface area contributed by atoms with E-state index in [0.29, 0.717) is 24.2 Å². The number of β-amino-alcohol motifs (C(OH)–C–C–N with tert-alkyl or cyclic N) is 1. The highest BCUT2D eigenvalue weighted by molar-refractivity contribution is 7.89. The summed E-state index contributed by atoms with van der Waals surface area (Å²) in [7, 11) is -2.22. The molecule has 0 saturated carbocycles. The van der Waals surface area contributed by atoms with Crippen LogP contribution in [0.1, 0.15) is 11.1 Å². The fraction of sp³-hybridized carbons (Fsp3) is 0.462. The van der Waals surface area contributed by atoms with Crippen molar-refractivity contribution in [2.24, 2.45) is 0 Å². The normalized spacial score (nSPS) is 22.9. The van der Waals surface area contributed by atoms with Crippen LogP contribution in [0.2, 0.25) is 0 Å². The zero-order chi connectivity index (χ0) is 14.9. The van der Waals surface area contributed by atoms with Crippen LogP contribution in [0.5, 0.6) is 0 Å². The van der Waals surface area contributed by atoms with E-state index >= 15 is 0 Å². The zero-order valence-corrected chi connectivity index (χ0v) is 12.2. The van der Waals surface area contributed by atoms with Gasteiger partial charge < -0.3 is 10.4 Å². The van der Waals surface area contributed by atoms with Crippen molar-refractivity contribution in [2.75, 3.05) is 20.1 Å². The Morgan fingerprint density at radius 1 is 1.45 bits per heavy atom. The van der Waals surface area contributed by atoms with Crippen molar-refractivity contribution < 1.29 is 13.5 Å². The van der Waals surface area contributed by atoms with Crippen molar-refractivity contribution in [3.05, 3.63) is 29.3 Å². The lowest BCUT2D eigenvalue weighted by Crippen LogP contribution is -2.44. The summed E-state index contributed by atoms with van der Waals surface area (Å²) in [6.45, 7) is 2.51. The number of rotatable bonds is 3. The number of hydrogen-bond donors (Lipinski definition) is 2. The van der Waals surface area contributed by atoms with Gasteiger partial charge in [-0.15, -0.1) is 0 Å². The molecule has 2 rings (SSSR count). The molecule has 1 aromatic rings. The summed E-state index contributed by atoms with van der Waals surface area (Å²) < 4.78 is 26.2. The quantitative estimate of drug-likeness (QED) is 0.807. The molecule has 1 fully saturated rings. The maximum absolute atomic E-state index is 12.5. The van der Waals surface area contributed by atoms with Gasteiger partial charge in [-0.25, -0.2) is 8.42 Å². The van der Waals surface area contributed by atoms with E-state index < -0.39 is 22.2 Å². The molecule has 1 aromatic carbocycles. The second-order valence-corrected chi connectivity index (χ2v) is 6.90. The number of hydrogen-bond acceptors (Lipinski definition) is 5. The van der Waals surface area contributed by atoms with Crippen LogP contribution < -0.4 is 5.32 Å². The minimum atomic E-state index is -3.68. The van der Waals surface area contributed by atoms with E-state index in [1.54, 1.807) is 6.92 Å². The molecule has 108 valence electrons. The molecule has 1 aliphatic heterocycles. The fourth-order valence-corrected chi connectivity index (χ4v) is 3.76. The Bertz CT molecular complexity index is 651. The van der Waals surface area contributed by atoms with Crippen LogP contribution in [0.3, 0.4) is 0 Å². The minimum absolute atomic E-state index is 0.135. The predicted molar refractivity (Wildman–Crippen MR) is 73.5 cm³/mol. The average Bonchev–Trinajstić information content (AvgIpc) is 2.83. The maximum atomic E-state index is 12.5. The number of nitrogens with one attached hydrogen (secondary N) is 1. The highest BCUT2D eigenvalue weighted by Crippen LogP contribution is 2.21. The Kier molecular flexibility index (Phi) is 4.11. The summed E-state index contributed by atoms with van der Waals surface area (Å²) in [6.07, 6.45) is -0.714. The summed E-state index contributed by atoms with van der Waals surface area (Å²) in [5.41, 5.74) is 1.07. The Morgan fingerprint density at radius 3 is 2.65 bits per heavy atom. The molecule has 0 aliphatic carbocycles. The predicted octanol–water partition coefficient (Wildman–Crippen LogP) is -0.180. The molecule has 1 heterocycles. The van der Waals surface area contributed by atoms with Gasteiger partial charge in [0.1, 0.15) is 0 Å². The van der Waals surface area contributed by atoms with E-state index in [1.807, 2.05) is 6.07 Å². The number of aliphatic hydroxyl groups is 1. The molecular formula is C13H17N3O3S. The smallest absolute Gasteiger partial charge is 0.243 e. The van der Waals surface area contributed by atoms with Crippen LogP contribution in [-0.4, -0.2) is 50.1 Å². The van der Waals surface area contributed by atoms with Crippen LogP contribution in [0.15, 0.2) is 23.1 Å². The lowest BCUT2D eigenvalue weighted by atomic mass is 10.1. The highest BCUT2D eigenvalue weighted by atomic mass is 32.2. The van der Waals surface area contributed by atoms with Gasteiger partial charge in [0.2, 0.25) is 10.0 Å². The number of nitriles is 1. The van der Waals surface area contributed by atoms with Gasteiger partial charge in [0.25, 0.3) is 0 Å². The summed E-state index contributed by atoms with van der Waals surface area (Å²) in [5, 5.41) is 21.6. The van der Waals surface area contributed by atoms with E-state index in [1.165, 1.54) is 29.6 Å². The van der Waals surface area contributed by atoms with Crippen LogP contribution in [0.25, 0.3) is 0 Å². The summed E-state index contributed by atoms with van der Waals surface area (Å²) in [6, 6.07) is 5.94. The van der Waals surface area contributed by atoms with Gasteiger partial charge >= 0.3 is 0 Å². The van der Waals surface area contributed by atoms with E-state index in [-0.39, 0.29) is 4.90 Å². The average molecular weight is 295 g/mol. The highest BCUT2D eigenvalue weighted by Gasteiger charge is 2.35. The van der Waals surface area contributed by atoms with Crippen LogP contribution in [-0.2, 0) is 10.0 Å². The summed E-state index contributed by atoms with van der Waals surface area (Å²) >= 11 is 0. The van der Waals surface area contributed by atoms with E-state index in [0.717, 1.165) is 0 Å². The molecule has 1 aliphatic rings. The first kappa shape index (κ1) is 14.9. The van der Waals surface area contributed by atoms with Crippen LogP contribution in [0.4, 0.5) is 0 Å². The molecular weight excluding hydrogens is 278 g/mol. The van der Waals surface area contributed by atoms with Gasteiger partial charge in [0, 0.05) is 20.1 Å². The van der Waals surface area contributed by atoms with Gasteiger partial charge in [0.05, 0.1) is 28.7 Å². The van der Waals surface area contributed by atoms with E-state index in [4.69, 9.17) is 5.26 Å². The first-order valence-corrected chi connectivity index (χ1v) is 7.69. The van der Waals surface area contributed by atoms with E-state index in [2.05, 4.69) is 5.32 Å². The molecule has 6 nitrogen and oxygen atoms in total. The van der Waals surface area contributed by atoms with Crippen molar-refractivity contribution in [1.29, 1.82) is 5.26 Å². The fourth-order valence-electron chi connectivity index (χ4n) is 2.29. The van der Waals surface area contributed by atoms with Gasteiger partial charge in [-0.3, -0.25) is 0 Å².